The highest BCUT2D eigenvalue weighted by atomic mass is 32.1. The first-order chi connectivity index (χ1) is 8.63. The van der Waals surface area contributed by atoms with Crippen LogP contribution in [0.25, 0.3) is 0 Å². The quantitative estimate of drug-likeness (QED) is 0.885. The average molecular weight is 265 g/mol. The molecule has 0 fully saturated rings. The average Bonchev–Trinajstić information content (AvgIpc) is 2.95. The number of aromatic nitrogens is 4. The second-order valence-electron chi connectivity index (χ2n) is 3.79. The lowest BCUT2D eigenvalue weighted by molar-refractivity contribution is 0.101. The smallest absolute Gasteiger partial charge is 0.295 e. The Morgan fingerprint density at radius 2 is 2.11 bits per heavy atom. The van der Waals surface area contributed by atoms with Crippen molar-refractivity contribution >= 4 is 22.4 Å². The van der Waals surface area contributed by atoms with Crippen molar-refractivity contribution in [2.45, 2.75) is 33.6 Å². The Kier molecular flexibility index (Phi) is 3.71. The van der Waals surface area contributed by atoms with Crippen LogP contribution in [-0.4, -0.2) is 26.1 Å². The van der Waals surface area contributed by atoms with Crippen LogP contribution in [0, 0.1) is 6.92 Å². The molecule has 18 heavy (non-hydrogen) atoms. The van der Waals surface area contributed by atoms with E-state index in [-0.39, 0.29) is 11.7 Å². The molecule has 2 heterocycles. The lowest BCUT2D eigenvalue weighted by Gasteiger charge is -1.95. The van der Waals surface area contributed by atoms with Gasteiger partial charge in [-0.1, -0.05) is 13.8 Å². The number of hydrogen-bond donors (Lipinski definition) is 2. The van der Waals surface area contributed by atoms with Crippen LogP contribution in [0.2, 0.25) is 0 Å². The Balaban J connectivity index is 2.10. The maximum Gasteiger partial charge on any atom is 0.297 e. The van der Waals surface area contributed by atoms with Crippen LogP contribution in [0.15, 0.2) is 0 Å². The zero-order valence-corrected chi connectivity index (χ0v) is 11.4. The van der Waals surface area contributed by atoms with Gasteiger partial charge >= 0.3 is 0 Å². The van der Waals surface area contributed by atoms with Gasteiger partial charge in [0.1, 0.15) is 5.82 Å². The number of thiazole rings is 1. The first-order valence-corrected chi connectivity index (χ1v) is 6.64. The first-order valence-electron chi connectivity index (χ1n) is 5.83. The maximum atomic E-state index is 11.9. The number of aryl methyl sites for hydroxylation is 3. The van der Waals surface area contributed by atoms with E-state index < -0.39 is 0 Å². The van der Waals surface area contributed by atoms with E-state index in [0.717, 1.165) is 23.4 Å². The lowest BCUT2D eigenvalue weighted by atomic mass is 10.3. The number of hydrogen-bond acceptors (Lipinski definition) is 5. The molecule has 0 aliphatic heterocycles. The number of aromatic amines is 1. The highest BCUT2D eigenvalue weighted by Gasteiger charge is 2.14. The van der Waals surface area contributed by atoms with Gasteiger partial charge < -0.3 is 0 Å². The van der Waals surface area contributed by atoms with E-state index in [9.17, 15) is 4.79 Å². The topological polar surface area (TPSA) is 83.6 Å². The third-order valence-electron chi connectivity index (χ3n) is 2.52. The minimum atomic E-state index is -0.331. The molecule has 6 nitrogen and oxygen atoms in total. The summed E-state index contributed by atoms with van der Waals surface area (Å²) in [6, 6.07) is 0. The number of anilines is 1. The Hall–Kier alpha value is -1.76. The summed E-state index contributed by atoms with van der Waals surface area (Å²) < 4.78 is 0. The van der Waals surface area contributed by atoms with Gasteiger partial charge in [0.25, 0.3) is 5.91 Å². The molecule has 96 valence electrons. The van der Waals surface area contributed by atoms with Gasteiger partial charge in [-0.05, 0) is 13.3 Å². The fraction of sp³-hybridized carbons (Fsp3) is 0.455. The highest BCUT2D eigenvalue weighted by Crippen LogP contribution is 2.22. The summed E-state index contributed by atoms with van der Waals surface area (Å²) in [5.74, 6) is 0.518. The molecule has 0 bridgehead atoms. The Morgan fingerprint density at radius 1 is 1.33 bits per heavy atom. The SMILES string of the molecule is CCc1nc(C(=O)Nc2nc(CC)c(C)s2)n[nH]1. The van der Waals surface area contributed by atoms with Crippen LogP contribution in [0.5, 0.6) is 0 Å². The van der Waals surface area contributed by atoms with E-state index in [1.54, 1.807) is 0 Å². The van der Waals surface area contributed by atoms with Crippen molar-refractivity contribution in [3.05, 3.63) is 22.2 Å². The van der Waals surface area contributed by atoms with Gasteiger partial charge in [0, 0.05) is 11.3 Å². The van der Waals surface area contributed by atoms with Crippen LogP contribution in [-0.2, 0) is 12.8 Å². The molecule has 0 aromatic carbocycles. The van der Waals surface area contributed by atoms with Crippen LogP contribution in [0.1, 0.15) is 40.9 Å². The van der Waals surface area contributed by atoms with Gasteiger partial charge in [-0.3, -0.25) is 15.2 Å². The van der Waals surface area contributed by atoms with Crippen molar-refractivity contribution in [2.24, 2.45) is 0 Å². The third kappa shape index (κ3) is 2.56. The van der Waals surface area contributed by atoms with Gasteiger partial charge in [0.2, 0.25) is 5.82 Å². The van der Waals surface area contributed by atoms with Crippen LogP contribution in [0.3, 0.4) is 0 Å². The lowest BCUT2D eigenvalue weighted by Crippen LogP contribution is -2.13. The zero-order chi connectivity index (χ0) is 13.1. The number of amides is 1. The fourth-order valence-corrected chi connectivity index (χ4v) is 2.41. The summed E-state index contributed by atoms with van der Waals surface area (Å²) in [7, 11) is 0. The van der Waals surface area contributed by atoms with Gasteiger partial charge in [-0.25, -0.2) is 9.97 Å². The van der Waals surface area contributed by atoms with Gasteiger partial charge in [0.05, 0.1) is 5.69 Å². The predicted molar refractivity (Wildman–Crippen MR) is 69.9 cm³/mol. The molecule has 0 aliphatic rings. The number of nitrogens with one attached hydrogen (secondary N) is 2. The van der Waals surface area contributed by atoms with Crippen molar-refractivity contribution in [1.82, 2.24) is 20.2 Å². The van der Waals surface area contributed by atoms with E-state index in [1.165, 1.54) is 11.3 Å². The summed E-state index contributed by atoms with van der Waals surface area (Å²) in [6.45, 7) is 5.98. The van der Waals surface area contributed by atoms with Gasteiger partial charge in [0.15, 0.2) is 5.13 Å². The Bertz CT molecular complexity index is 560. The van der Waals surface area contributed by atoms with Crippen molar-refractivity contribution in [2.75, 3.05) is 5.32 Å². The normalized spacial score (nSPS) is 10.6. The number of nitrogens with zero attached hydrogens (tertiary/aromatic N) is 3. The number of carbonyl (C=O) groups excluding carboxylic acids is 1. The molecular formula is C11H15N5OS. The molecule has 0 saturated heterocycles. The Labute approximate surface area is 109 Å². The summed E-state index contributed by atoms with van der Waals surface area (Å²) >= 11 is 1.47. The highest BCUT2D eigenvalue weighted by molar-refractivity contribution is 7.15. The van der Waals surface area contributed by atoms with Gasteiger partial charge in [-0.2, -0.15) is 0 Å². The van der Waals surface area contributed by atoms with Crippen LogP contribution >= 0.6 is 11.3 Å². The molecule has 2 aromatic heterocycles. The largest absolute Gasteiger partial charge is 0.297 e. The third-order valence-corrected chi connectivity index (χ3v) is 3.45. The van der Waals surface area contributed by atoms with E-state index in [1.807, 2.05) is 20.8 Å². The molecule has 1 amide bonds. The maximum absolute atomic E-state index is 11.9. The number of carbonyl (C=O) groups is 1. The summed E-state index contributed by atoms with van der Waals surface area (Å²) in [5.41, 5.74) is 1.01. The number of H-pyrrole nitrogens is 1. The Morgan fingerprint density at radius 3 is 2.67 bits per heavy atom. The minimum absolute atomic E-state index is 0.151. The summed E-state index contributed by atoms with van der Waals surface area (Å²) in [6.07, 6.45) is 1.58. The monoisotopic (exact) mass is 265 g/mol. The van der Waals surface area contributed by atoms with Crippen molar-refractivity contribution in [1.29, 1.82) is 0 Å². The van der Waals surface area contributed by atoms with E-state index in [2.05, 4.69) is 25.5 Å². The van der Waals surface area contributed by atoms with E-state index in [0.29, 0.717) is 11.0 Å². The predicted octanol–water partition coefficient (Wildman–Crippen LogP) is 1.95. The fourth-order valence-electron chi connectivity index (χ4n) is 1.52. The van der Waals surface area contributed by atoms with Crippen LogP contribution in [0.4, 0.5) is 5.13 Å². The molecule has 0 saturated carbocycles. The molecule has 0 radical (unpaired) electrons. The molecule has 0 atom stereocenters. The molecule has 0 unspecified atom stereocenters. The molecular weight excluding hydrogens is 250 g/mol. The van der Waals surface area contributed by atoms with Crippen LogP contribution < -0.4 is 5.32 Å². The molecule has 0 spiro atoms. The van der Waals surface area contributed by atoms with Crippen molar-refractivity contribution in [3.63, 3.8) is 0 Å². The molecule has 2 aromatic rings. The second kappa shape index (κ2) is 5.26. The second-order valence-corrected chi connectivity index (χ2v) is 4.99. The van der Waals surface area contributed by atoms with E-state index in [4.69, 9.17) is 0 Å². The first kappa shape index (κ1) is 12.7. The van der Waals surface area contributed by atoms with Gasteiger partial charge in [-0.15, -0.1) is 16.4 Å². The van der Waals surface area contributed by atoms with Crippen molar-refractivity contribution in [3.8, 4) is 0 Å². The molecule has 2 rings (SSSR count). The molecule has 2 N–H and O–H groups in total. The summed E-state index contributed by atoms with van der Waals surface area (Å²) in [5, 5.41) is 9.88. The number of rotatable bonds is 4. The zero-order valence-electron chi connectivity index (χ0n) is 10.6. The molecule has 0 aliphatic carbocycles. The molecule has 7 heteroatoms. The van der Waals surface area contributed by atoms with Crippen molar-refractivity contribution < 1.29 is 4.79 Å². The minimum Gasteiger partial charge on any atom is -0.295 e. The van der Waals surface area contributed by atoms with E-state index >= 15 is 0 Å². The summed E-state index contributed by atoms with van der Waals surface area (Å²) in [4.78, 5) is 21.4. The standard InChI is InChI=1S/C11H15N5OS/c1-4-7-6(3)18-11(12-7)14-10(17)9-13-8(5-2)15-16-9/h4-5H2,1-3H3,(H,12,14,17)(H,13,15,16).